The van der Waals surface area contributed by atoms with Gasteiger partial charge in [0.2, 0.25) is 5.96 Å². The normalized spacial score (nSPS) is 12.5. The van der Waals surface area contributed by atoms with E-state index in [2.05, 4.69) is 10.1 Å². The predicted octanol–water partition coefficient (Wildman–Crippen LogP) is -0.539. The maximum Gasteiger partial charge on any atom is 0.352 e. The summed E-state index contributed by atoms with van der Waals surface area (Å²) in [4.78, 5) is 15.6. The van der Waals surface area contributed by atoms with Crippen LogP contribution in [0, 0.1) is 6.92 Å². The van der Waals surface area contributed by atoms with Crippen LogP contribution in [0.5, 0.6) is 0 Å². The molecule has 0 amide bonds. The van der Waals surface area contributed by atoms with Crippen LogP contribution in [0.2, 0.25) is 0 Å². The van der Waals surface area contributed by atoms with E-state index >= 15 is 0 Å². The molecule has 0 spiro atoms. The molecular weight excluding hydrogens is 182 g/mol. The van der Waals surface area contributed by atoms with E-state index in [0.29, 0.717) is 5.82 Å². The van der Waals surface area contributed by atoms with Gasteiger partial charge in [0.15, 0.2) is 0 Å². The molecule has 14 heavy (non-hydrogen) atoms. The van der Waals surface area contributed by atoms with Crippen molar-refractivity contribution in [2.75, 3.05) is 0 Å². The molecule has 0 bridgehead atoms. The molecule has 0 unspecified atom stereocenters. The highest BCUT2D eigenvalue weighted by Gasteiger charge is 2.10. The summed E-state index contributed by atoms with van der Waals surface area (Å²) in [5.41, 5.74) is 5.40. The second-order valence-corrected chi connectivity index (χ2v) is 3.37. The third-order valence-corrected chi connectivity index (χ3v) is 1.71. The Morgan fingerprint density at radius 2 is 2.14 bits per heavy atom. The van der Waals surface area contributed by atoms with E-state index < -0.39 is 0 Å². The fourth-order valence-electron chi connectivity index (χ4n) is 1.17. The number of aryl methyl sites for hydroxylation is 2. The molecule has 1 aromatic rings. The molecule has 2 N–H and O–H groups in total. The minimum absolute atomic E-state index is 0.0570. The summed E-state index contributed by atoms with van der Waals surface area (Å²) < 4.78 is 2.53. The van der Waals surface area contributed by atoms with E-state index in [4.69, 9.17) is 5.73 Å². The zero-order valence-electron chi connectivity index (χ0n) is 8.85. The lowest BCUT2D eigenvalue weighted by molar-refractivity contribution is 0.723. The van der Waals surface area contributed by atoms with Crippen LogP contribution in [0.15, 0.2) is 9.79 Å². The van der Waals surface area contributed by atoms with Crippen LogP contribution >= 0.6 is 0 Å². The van der Waals surface area contributed by atoms with Gasteiger partial charge in [-0.3, -0.25) is 0 Å². The minimum atomic E-state index is -0.274. The summed E-state index contributed by atoms with van der Waals surface area (Å²) in [6.07, 6.45) is 0. The molecule has 0 aliphatic carbocycles. The molecule has 0 fully saturated rings. The Bertz CT molecular complexity index is 412. The van der Waals surface area contributed by atoms with E-state index in [9.17, 15) is 4.79 Å². The van der Waals surface area contributed by atoms with Crippen LogP contribution in [0.3, 0.4) is 0 Å². The molecular formula is C8H15N5O. The first-order valence-electron chi connectivity index (χ1n) is 4.39. The lowest BCUT2D eigenvalue weighted by atomic mass is 10.4. The average molecular weight is 197 g/mol. The van der Waals surface area contributed by atoms with Gasteiger partial charge < -0.3 is 5.73 Å². The Morgan fingerprint density at radius 1 is 1.57 bits per heavy atom. The van der Waals surface area contributed by atoms with Crippen LogP contribution in [-0.2, 0) is 7.05 Å². The van der Waals surface area contributed by atoms with Crippen LogP contribution in [-0.4, -0.2) is 26.3 Å². The van der Waals surface area contributed by atoms with Crippen molar-refractivity contribution in [3.8, 4) is 0 Å². The molecule has 0 saturated heterocycles. The lowest BCUT2D eigenvalue weighted by Gasteiger charge is -2.03. The average Bonchev–Trinajstić information content (AvgIpc) is 2.25. The summed E-state index contributed by atoms with van der Waals surface area (Å²) in [6, 6.07) is 0.0570. The van der Waals surface area contributed by atoms with E-state index in [1.54, 1.807) is 14.0 Å². The summed E-state index contributed by atoms with van der Waals surface area (Å²) in [5, 5.41) is 3.95. The molecule has 0 saturated carbocycles. The standard InChI is InChI=1S/C8H15N5O/c1-5(2)10-7(9)13-6(3)11-12(4)8(13)14/h5H,1-4H3,(H2,9,10). The van der Waals surface area contributed by atoms with Crippen molar-refractivity contribution in [3.63, 3.8) is 0 Å². The van der Waals surface area contributed by atoms with E-state index in [1.807, 2.05) is 13.8 Å². The highest BCUT2D eigenvalue weighted by Crippen LogP contribution is 1.90. The summed E-state index contributed by atoms with van der Waals surface area (Å²) in [6.45, 7) is 5.50. The lowest BCUT2D eigenvalue weighted by Crippen LogP contribution is -2.35. The van der Waals surface area contributed by atoms with Crippen molar-refractivity contribution >= 4 is 5.96 Å². The molecule has 0 aromatic carbocycles. The summed E-state index contributed by atoms with van der Waals surface area (Å²) >= 11 is 0. The first-order chi connectivity index (χ1) is 6.43. The molecule has 0 atom stereocenters. The number of aliphatic imine (C=N–C) groups is 1. The molecule has 0 aliphatic heterocycles. The topological polar surface area (TPSA) is 78.2 Å². The van der Waals surface area contributed by atoms with E-state index in [0.717, 1.165) is 0 Å². The highest BCUT2D eigenvalue weighted by molar-refractivity contribution is 5.80. The maximum absolute atomic E-state index is 11.5. The maximum atomic E-state index is 11.5. The number of aromatic nitrogens is 3. The van der Waals surface area contributed by atoms with Gasteiger partial charge in [0.1, 0.15) is 5.82 Å². The minimum Gasteiger partial charge on any atom is -0.369 e. The van der Waals surface area contributed by atoms with Gasteiger partial charge in [-0.15, -0.1) is 0 Å². The van der Waals surface area contributed by atoms with Gasteiger partial charge in [-0.25, -0.2) is 19.0 Å². The molecule has 1 rings (SSSR count). The van der Waals surface area contributed by atoms with Crippen molar-refractivity contribution in [3.05, 3.63) is 16.3 Å². The van der Waals surface area contributed by atoms with Gasteiger partial charge >= 0.3 is 5.69 Å². The van der Waals surface area contributed by atoms with Crippen molar-refractivity contribution in [2.45, 2.75) is 26.8 Å². The highest BCUT2D eigenvalue weighted by atomic mass is 16.2. The Hall–Kier alpha value is -1.59. The molecule has 0 radical (unpaired) electrons. The predicted molar refractivity (Wildman–Crippen MR) is 54.4 cm³/mol. The largest absolute Gasteiger partial charge is 0.369 e. The molecule has 78 valence electrons. The van der Waals surface area contributed by atoms with Crippen molar-refractivity contribution in [1.29, 1.82) is 0 Å². The molecule has 1 heterocycles. The second-order valence-electron chi connectivity index (χ2n) is 3.37. The van der Waals surface area contributed by atoms with Gasteiger partial charge in [0, 0.05) is 13.1 Å². The van der Waals surface area contributed by atoms with Crippen molar-refractivity contribution in [2.24, 2.45) is 17.8 Å². The fraction of sp³-hybridized carbons (Fsp3) is 0.625. The molecule has 6 nitrogen and oxygen atoms in total. The number of nitrogens with two attached hydrogens (primary N) is 1. The van der Waals surface area contributed by atoms with Gasteiger partial charge in [-0.1, -0.05) is 0 Å². The smallest absolute Gasteiger partial charge is 0.352 e. The van der Waals surface area contributed by atoms with E-state index in [1.165, 1.54) is 9.25 Å². The summed E-state index contributed by atoms with van der Waals surface area (Å²) in [7, 11) is 1.58. The number of hydrogen-bond acceptors (Lipinski definition) is 3. The monoisotopic (exact) mass is 197 g/mol. The Balaban J connectivity index is 3.26. The van der Waals surface area contributed by atoms with Gasteiger partial charge in [-0.2, -0.15) is 5.10 Å². The molecule has 0 aliphatic rings. The SMILES string of the molecule is Cc1nn(C)c(=O)n1C(N)=NC(C)C. The van der Waals surface area contributed by atoms with Crippen LogP contribution in [0.25, 0.3) is 0 Å². The zero-order valence-corrected chi connectivity index (χ0v) is 8.85. The van der Waals surface area contributed by atoms with Gasteiger partial charge in [0.05, 0.1) is 0 Å². The Kier molecular flexibility index (Phi) is 2.73. The summed E-state index contributed by atoms with van der Waals surface area (Å²) in [5.74, 6) is 0.731. The second kappa shape index (κ2) is 3.65. The first-order valence-corrected chi connectivity index (χ1v) is 4.39. The fourth-order valence-corrected chi connectivity index (χ4v) is 1.17. The van der Waals surface area contributed by atoms with Gasteiger partial charge in [0.25, 0.3) is 0 Å². The number of hydrogen-bond donors (Lipinski definition) is 1. The van der Waals surface area contributed by atoms with E-state index in [-0.39, 0.29) is 17.7 Å². The molecule has 1 aromatic heterocycles. The van der Waals surface area contributed by atoms with Crippen LogP contribution in [0.1, 0.15) is 19.7 Å². The van der Waals surface area contributed by atoms with Crippen LogP contribution < -0.4 is 11.4 Å². The van der Waals surface area contributed by atoms with Crippen molar-refractivity contribution in [1.82, 2.24) is 14.3 Å². The number of nitrogens with zero attached hydrogens (tertiary/aromatic N) is 4. The van der Waals surface area contributed by atoms with Gasteiger partial charge in [-0.05, 0) is 20.8 Å². The first kappa shape index (κ1) is 10.5. The third kappa shape index (κ3) is 1.84. The Morgan fingerprint density at radius 3 is 2.50 bits per heavy atom. The third-order valence-electron chi connectivity index (χ3n) is 1.71. The van der Waals surface area contributed by atoms with Crippen LogP contribution in [0.4, 0.5) is 0 Å². The zero-order chi connectivity index (χ0) is 10.9. The van der Waals surface area contributed by atoms with Crippen molar-refractivity contribution < 1.29 is 0 Å². The number of rotatable bonds is 1. The Labute approximate surface area is 82.1 Å². The molecule has 6 heteroatoms. The quantitative estimate of drug-likeness (QED) is 0.485.